The molecule has 1 aliphatic heterocycles. The Bertz CT molecular complexity index is 821. The zero-order valence-electron chi connectivity index (χ0n) is 20.7. The van der Waals surface area contributed by atoms with Gasteiger partial charge in [0.25, 0.3) is 5.91 Å². The molecule has 2 aliphatic rings. The molecule has 0 aromatic carbocycles. The number of ketones is 1. The molecule has 1 heterocycles. The first-order valence-corrected chi connectivity index (χ1v) is 12.0. The van der Waals surface area contributed by atoms with Gasteiger partial charge in [-0.15, -0.1) is 6.58 Å². The lowest BCUT2D eigenvalue weighted by Gasteiger charge is -2.36. The molecule has 0 aromatic rings. The normalized spacial score (nSPS) is 23.4. The van der Waals surface area contributed by atoms with Gasteiger partial charge in [0, 0.05) is 13.1 Å². The van der Waals surface area contributed by atoms with Crippen LogP contribution in [0.15, 0.2) is 12.7 Å². The number of rotatable bonds is 10. The fraction of sp³-hybridized carbons (Fsp3) is 0.708. The van der Waals surface area contributed by atoms with Gasteiger partial charge in [-0.25, -0.2) is 4.79 Å². The van der Waals surface area contributed by atoms with E-state index in [1.165, 1.54) is 11.0 Å². The second-order valence-corrected chi connectivity index (χ2v) is 10.3. The summed E-state index contributed by atoms with van der Waals surface area (Å²) in [5.74, 6) is -2.19. The smallest absolute Gasteiger partial charge is 0.312 e. The van der Waals surface area contributed by atoms with Gasteiger partial charge in [-0.05, 0) is 36.5 Å². The zero-order chi connectivity index (χ0) is 25.6. The Balaban J connectivity index is 2.28. The van der Waals surface area contributed by atoms with Crippen molar-refractivity contribution >= 4 is 29.5 Å². The van der Waals surface area contributed by atoms with Gasteiger partial charge in [0.15, 0.2) is 0 Å². The van der Waals surface area contributed by atoms with Gasteiger partial charge in [-0.3, -0.25) is 19.2 Å². The molecule has 1 saturated heterocycles. The zero-order valence-corrected chi connectivity index (χ0v) is 20.7. The molecular formula is C24H39N5O5. The number of urea groups is 1. The summed E-state index contributed by atoms with van der Waals surface area (Å²) in [4.78, 5) is 65.1. The summed E-state index contributed by atoms with van der Waals surface area (Å²) < 4.78 is 0. The Hall–Kier alpha value is -2.91. The minimum Gasteiger partial charge on any atom is -0.352 e. The van der Waals surface area contributed by atoms with Gasteiger partial charge < -0.3 is 26.6 Å². The molecule has 1 saturated carbocycles. The molecule has 1 unspecified atom stereocenters. The second kappa shape index (κ2) is 11.5. The number of Topliss-reactive ketones (excluding diaryl/α,β-unsaturated/α-hetero) is 1. The number of nitrogens with zero attached hydrogens (tertiary/aromatic N) is 1. The quantitative estimate of drug-likeness (QED) is 0.272. The van der Waals surface area contributed by atoms with Crippen LogP contribution in [0.4, 0.5) is 4.79 Å². The van der Waals surface area contributed by atoms with E-state index in [-0.39, 0.29) is 24.3 Å². The van der Waals surface area contributed by atoms with Crippen LogP contribution in [0, 0.1) is 17.3 Å². The third-order valence-electron chi connectivity index (χ3n) is 6.68. The molecule has 34 heavy (non-hydrogen) atoms. The summed E-state index contributed by atoms with van der Waals surface area (Å²) in [6.45, 7) is 11.4. The molecule has 1 aliphatic carbocycles. The molecule has 5 atom stereocenters. The lowest BCUT2D eigenvalue weighted by atomic mass is 9.85. The first kappa shape index (κ1) is 27.3. The molecule has 0 radical (unpaired) electrons. The van der Waals surface area contributed by atoms with Gasteiger partial charge >= 0.3 is 6.03 Å². The third kappa shape index (κ3) is 6.36. The largest absolute Gasteiger partial charge is 0.352 e. The van der Waals surface area contributed by atoms with Crippen LogP contribution in [0.3, 0.4) is 0 Å². The number of primary amides is 1. The maximum atomic E-state index is 13.6. The molecule has 2 rings (SSSR count). The molecule has 10 nitrogen and oxygen atoms in total. The van der Waals surface area contributed by atoms with Gasteiger partial charge in [-0.2, -0.15) is 0 Å². The van der Waals surface area contributed by atoms with E-state index in [1.807, 2.05) is 27.7 Å². The number of fused-ring (bicyclic) bond motifs is 1. The summed E-state index contributed by atoms with van der Waals surface area (Å²) in [5.41, 5.74) is 4.70. The number of nitrogens with one attached hydrogen (secondary N) is 3. The molecule has 10 heteroatoms. The number of likely N-dealkylation sites (tertiary alicyclic amines) is 1. The minimum atomic E-state index is -0.984. The van der Waals surface area contributed by atoms with E-state index in [1.54, 1.807) is 0 Å². The van der Waals surface area contributed by atoms with Crippen LogP contribution < -0.4 is 21.7 Å². The van der Waals surface area contributed by atoms with Gasteiger partial charge in [0.2, 0.25) is 17.6 Å². The Morgan fingerprint density at radius 3 is 2.38 bits per heavy atom. The number of amides is 5. The van der Waals surface area contributed by atoms with E-state index in [0.717, 1.165) is 19.3 Å². The number of carbonyl (C=O) groups excluding carboxylic acids is 5. The van der Waals surface area contributed by atoms with Crippen LogP contribution in [0.5, 0.6) is 0 Å². The van der Waals surface area contributed by atoms with E-state index in [0.29, 0.717) is 19.4 Å². The van der Waals surface area contributed by atoms with Crippen molar-refractivity contribution in [3.05, 3.63) is 12.7 Å². The molecular weight excluding hydrogens is 438 g/mol. The van der Waals surface area contributed by atoms with Crippen molar-refractivity contribution in [3.63, 3.8) is 0 Å². The predicted octanol–water partition coefficient (Wildman–Crippen LogP) is 0.853. The highest BCUT2D eigenvalue weighted by atomic mass is 16.2. The summed E-state index contributed by atoms with van der Waals surface area (Å²) in [6.07, 6.45) is 5.01. The SMILES string of the molecule is C=CCNC(=O)C(=O)C(CCC)NC(=O)[C@@H]1[C@H]2CCC[C@H]2CN1C(=O)[C@@H](NC(N)=O)C(C)(C)C. The highest BCUT2D eigenvalue weighted by Gasteiger charge is 2.52. The van der Waals surface area contributed by atoms with E-state index < -0.39 is 47.2 Å². The van der Waals surface area contributed by atoms with Crippen molar-refractivity contribution < 1.29 is 24.0 Å². The molecule has 0 spiro atoms. The van der Waals surface area contributed by atoms with Gasteiger partial charge in [0.1, 0.15) is 12.1 Å². The van der Waals surface area contributed by atoms with Crippen molar-refractivity contribution in [1.82, 2.24) is 20.9 Å². The van der Waals surface area contributed by atoms with Crippen LogP contribution in [0.1, 0.15) is 59.8 Å². The van der Waals surface area contributed by atoms with Crippen molar-refractivity contribution in [2.75, 3.05) is 13.1 Å². The van der Waals surface area contributed by atoms with Gasteiger partial charge in [0.05, 0.1) is 6.04 Å². The van der Waals surface area contributed by atoms with Crippen LogP contribution in [-0.2, 0) is 19.2 Å². The number of hydrogen-bond acceptors (Lipinski definition) is 5. The number of nitrogens with two attached hydrogens (primary N) is 1. The minimum absolute atomic E-state index is 0.0369. The first-order chi connectivity index (χ1) is 15.9. The summed E-state index contributed by atoms with van der Waals surface area (Å²) in [5, 5.41) is 7.74. The Labute approximate surface area is 201 Å². The van der Waals surface area contributed by atoms with Crippen LogP contribution in [0.2, 0.25) is 0 Å². The van der Waals surface area contributed by atoms with Crippen LogP contribution in [-0.4, -0.2) is 65.7 Å². The lowest BCUT2D eigenvalue weighted by Crippen LogP contribution is -2.60. The average Bonchev–Trinajstić information content (AvgIpc) is 3.34. The summed E-state index contributed by atoms with van der Waals surface area (Å²) in [6, 6.07) is -3.48. The van der Waals surface area contributed by atoms with Crippen LogP contribution in [0.25, 0.3) is 0 Å². The molecule has 0 aromatic heterocycles. The fourth-order valence-corrected chi connectivity index (χ4v) is 5.05. The highest BCUT2D eigenvalue weighted by Crippen LogP contribution is 2.43. The summed E-state index contributed by atoms with van der Waals surface area (Å²) in [7, 11) is 0. The lowest BCUT2D eigenvalue weighted by molar-refractivity contribution is -0.144. The van der Waals surface area contributed by atoms with E-state index in [2.05, 4.69) is 22.5 Å². The molecule has 5 amide bonds. The van der Waals surface area contributed by atoms with Crippen molar-refractivity contribution in [1.29, 1.82) is 0 Å². The fourth-order valence-electron chi connectivity index (χ4n) is 5.05. The van der Waals surface area contributed by atoms with E-state index in [9.17, 15) is 24.0 Å². The average molecular weight is 478 g/mol. The summed E-state index contributed by atoms with van der Waals surface area (Å²) >= 11 is 0. The Morgan fingerprint density at radius 1 is 1.15 bits per heavy atom. The molecule has 2 fully saturated rings. The molecule has 5 N–H and O–H groups in total. The molecule has 0 bridgehead atoms. The van der Waals surface area contributed by atoms with Gasteiger partial charge in [-0.1, -0.05) is 46.6 Å². The van der Waals surface area contributed by atoms with Crippen molar-refractivity contribution in [3.8, 4) is 0 Å². The highest BCUT2D eigenvalue weighted by molar-refractivity contribution is 6.38. The topological polar surface area (TPSA) is 151 Å². The third-order valence-corrected chi connectivity index (χ3v) is 6.68. The standard InChI is InChI=1S/C24H39N5O5/c1-6-9-16(18(30)21(32)26-12-7-2)27-20(31)17-15-11-8-10-14(15)13-29(17)22(33)19(24(3,4)5)28-23(25)34/h7,14-17,19H,2,6,8-13H2,1,3-5H3,(H,26,32)(H,27,31)(H3,25,28,34)/t14-,15-,16?,17-,19+/m0/s1. The van der Waals surface area contributed by atoms with E-state index >= 15 is 0 Å². The van der Waals surface area contributed by atoms with Crippen molar-refractivity contribution in [2.45, 2.75) is 77.9 Å². The number of hydrogen-bond donors (Lipinski definition) is 4. The Morgan fingerprint density at radius 2 is 1.82 bits per heavy atom. The van der Waals surface area contributed by atoms with Crippen molar-refractivity contribution in [2.24, 2.45) is 23.0 Å². The first-order valence-electron chi connectivity index (χ1n) is 12.0. The predicted molar refractivity (Wildman–Crippen MR) is 127 cm³/mol. The second-order valence-electron chi connectivity index (χ2n) is 10.3. The monoisotopic (exact) mass is 477 g/mol. The van der Waals surface area contributed by atoms with Crippen LogP contribution >= 0.6 is 0 Å². The maximum Gasteiger partial charge on any atom is 0.312 e. The maximum absolute atomic E-state index is 13.6. The Kier molecular flexibility index (Phi) is 9.23. The molecule has 190 valence electrons. The number of carbonyl (C=O) groups is 5. The van der Waals surface area contributed by atoms with E-state index in [4.69, 9.17) is 5.73 Å².